The van der Waals surface area contributed by atoms with Gasteiger partial charge in [0.25, 0.3) is 0 Å². The van der Waals surface area contributed by atoms with Gasteiger partial charge < -0.3 is 15.4 Å². The lowest BCUT2D eigenvalue weighted by Crippen LogP contribution is -2.48. The van der Waals surface area contributed by atoms with Gasteiger partial charge in [-0.15, -0.1) is 0 Å². The molecule has 1 spiro atoms. The zero-order valence-electron chi connectivity index (χ0n) is 15.4. The number of likely N-dealkylation sites (tertiary alicyclic amines) is 1. The third kappa shape index (κ3) is 2.64. The summed E-state index contributed by atoms with van der Waals surface area (Å²) in [5.74, 6) is -0.225. The molecule has 1 aromatic carbocycles. The number of nitrogens with zero attached hydrogens (tertiary/aromatic N) is 1. The number of hydrogen-bond acceptors (Lipinski definition) is 4. The van der Waals surface area contributed by atoms with Crippen LogP contribution in [0, 0.1) is 11.3 Å². The molecule has 3 fully saturated rings. The molecule has 2 aliphatic carbocycles. The summed E-state index contributed by atoms with van der Waals surface area (Å²) >= 11 is 0. The third-order valence-corrected chi connectivity index (χ3v) is 6.73. The molecule has 0 aromatic heterocycles. The Hall–Kier alpha value is -1.88. The molecule has 4 rings (SSSR count). The molecule has 3 aliphatic rings. The van der Waals surface area contributed by atoms with Gasteiger partial charge in [0.15, 0.2) is 0 Å². The van der Waals surface area contributed by atoms with Crippen LogP contribution in [0.4, 0.5) is 0 Å². The fraction of sp³-hybridized carbons (Fsp3) is 0.619. The lowest BCUT2D eigenvalue weighted by Gasteiger charge is -2.34. The minimum atomic E-state index is -0.554. The summed E-state index contributed by atoms with van der Waals surface area (Å²) in [5.41, 5.74) is 7.38. The van der Waals surface area contributed by atoms with Gasteiger partial charge in [0.2, 0.25) is 5.91 Å². The largest absolute Gasteiger partial charge is 0.467 e. The summed E-state index contributed by atoms with van der Waals surface area (Å²) in [4.78, 5) is 28.1. The maximum Gasteiger partial charge on any atom is 0.329 e. The lowest BCUT2D eigenvalue weighted by atomic mass is 9.87. The smallest absolute Gasteiger partial charge is 0.329 e. The van der Waals surface area contributed by atoms with Gasteiger partial charge in [-0.3, -0.25) is 4.79 Å². The second kappa shape index (κ2) is 6.69. The normalized spacial score (nSPS) is 30.4. The number of nitrogens with two attached hydrogens (primary N) is 1. The van der Waals surface area contributed by atoms with Crippen LogP contribution < -0.4 is 5.73 Å². The van der Waals surface area contributed by atoms with Crippen molar-refractivity contribution >= 4 is 11.9 Å². The molecule has 1 aromatic rings. The first-order valence-electron chi connectivity index (χ1n) is 9.80. The Morgan fingerprint density at radius 3 is 2.35 bits per heavy atom. The molecule has 1 amide bonds. The van der Waals surface area contributed by atoms with Gasteiger partial charge in [-0.1, -0.05) is 49.6 Å². The predicted molar refractivity (Wildman–Crippen MR) is 98.1 cm³/mol. The van der Waals surface area contributed by atoms with Crippen LogP contribution in [0.2, 0.25) is 0 Å². The monoisotopic (exact) mass is 356 g/mol. The van der Waals surface area contributed by atoms with E-state index in [0.717, 1.165) is 44.1 Å². The van der Waals surface area contributed by atoms with E-state index in [0.29, 0.717) is 0 Å². The predicted octanol–water partition coefficient (Wildman–Crippen LogP) is 2.80. The average molecular weight is 356 g/mol. The van der Waals surface area contributed by atoms with Crippen molar-refractivity contribution in [2.24, 2.45) is 17.1 Å². The van der Waals surface area contributed by atoms with Crippen LogP contribution in [0.3, 0.4) is 0 Å². The number of benzene rings is 1. The lowest BCUT2D eigenvalue weighted by molar-refractivity contribution is -0.156. The zero-order chi connectivity index (χ0) is 18.3. The number of amides is 1. The van der Waals surface area contributed by atoms with E-state index < -0.39 is 6.04 Å². The van der Waals surface area contributed by atoms with Crippen LogP contribution >= 0.6 is 0 Å². The molecule has 1 aliphatic heterocycles. The summed E-state index contributed by atoms with van der Waals surface area (Å²) in [6.45, 7) is 0. The zero-order valence-corrected chi connectivity index (χ0v) is 15.4. The van der Waals surface area contributed by atoms with Crippen LogP contribution in [0.1, 0.15) is 56.6 Å². The second-order valence-corrected chi connectivity index (χ2v) is 8.12. The second-order valence-electron chi connectivity index (χ2n) is 8.12. The standard InChI is InChI=1S/C21H28N2O3/c1-26-20(25)18-21(12-13-21)17(22)16(14-8-4-2-5-9-14)23(18)19(24)15-10-6-3-7-11-15/h2,4-5,8-9,15-18H,3,6-7,10-13,22H2,1H3. The van der Waals surface area contributed by atoms with Crippen molar-refractivity contribution in [3.8, 4) is 0 Å². The van der Waals surface area contributed by atoms with Crippen molar-refractivity contribution < 1.29 is 14.3 Å². The molecule has 1 heterocycles. The topological polar surface area (TPSA) is 72.6 Å². The van der Waals surface area contributed by atoms with Gasteiger partial charge in [-0.25, -0.2) is 4.79 Å². The van der Waals surface area contributed by atoms with E-state index in [9.17, 15) is 9.59 Å². The van der Waals surface area contributed by atoms with E-state index in [1.54, 1.807) is 0 Å². The minimum absolute atomic E-state index is 0.00298. The highest BCUT2D eigenvalue weighted by Crippen LogP contribution is 2.62. The third-order valence-electron chi connectivity index (χ3n) is 6.73. The van der Waals surface area contributed by atoms with Crippen molar-refractivity contribution in [1.82, 2.24) is 4.90 Å². The number of methoxy groups -OCH3 is 1. The van der Waals surface area contributed by atoms with Crippen LogP contribution in [0.15, 0.2) is 30.3 Å². The Morgan fingerprint density at radius 2 is 1.77 bits per heavy atom. The molecule has 0 radical (unpaired) electrons. The molecule has 0 bridgehead atoms. The van der Waals surface area contributed by atoms with Gasteiger partial charge in [0, 0.05) is 17.4 Å². The molecule has 2 N–H and O–H groups in total. The number of ether oxygens (including phenoxy) is 1. The molecule has 140 valence electrons. The van der Waals surface area contributed by atoms with Crippen LogP contribution in [0.25, 0.3) is 0 Å². The molecule has 1 saturated heterocycles. The molecular formula is C21H28N2O3. The number of esters is 1. The quantitative estimate of drug-likeness (QED) is 0.845. The van der Waals surface area contributed by atoms with Crippen molar-refractivity contribution in [2.75, 3.05) is 7.11 Å². The fourth-order valence-corrected chi connectivity index (χ4v) is 5.16. The maximum atomic E-state index is 13.5. The Kier molecular flexibility index (Phi) is 4.51. The summed E-state index contributed by atoms with van der Waals surface area (Å²) in [5, 5.41) is 0. The van der Waals surface area contributed by atoms with Gasteiger partial charge in [-0.05, 0) is 31.2 Å². The van der Waals surface area contributed by atoms with Crippen LogP contribution in [-0.2, 0) is 14.3 Å². The summed E-state index contributed by atoms with van der Waals surface area (Å²) in [6.07, 6.45) is 6.94. The molecule has 26 heavy (non-hydrogen) atoms. The van der Waals surface area contributed by atoms with E-state index in [2.05, 4.69) is 0 Å². The van der Waals surface area contributed by atoms with Crippen molar-refractivity contribution in [2.45, 2.75) is 63.1 Å². The van der Waals surface area contributed by atoms with Crippen molar-refractivity contribution in [3.05, 3.63) is 35.9 Å². The van der Waals surface area contributed by atoms with Crippen molar-refractivity contribution in [3.63, 3.8) is 0 Å². The Balaban J connectivity index is 1.75. The highest BCUT2D eigenvalue weighted by molar-refractivity contribution is 5.88. The number of hydrogen-bond donors (Lipinski definition) is 1. The summed E-state index contributed by atoms with van der Waals surface area (Å²) < 4.78 is 5.12. The maximum absolute atomic E-state index is 13.5. The highest BCUT2D eigenvalue weighted by Gasteiger charge is 2.68. The molecular weight excluding hydrogens is 328 g/mol. The van der Waals surface area contributed by atoms with E-state index >= 15 is 0 Å². The SMILES string of the molecule is COC(=O)C1N(C(=O)C2CCCCC2)C(c2ccccc2)C(N)C12CC2. The molecule has 2 saturated carbocycles. The highest BCUT2D eigenvalue weighted by atomic mass is 16.5. The van der Waals surface area contributed by atoms with Gasteiger partial charge in [-0.2, -0.15) is 0 Å². The average Bonchev–Trinajstić information content (AvgIpc) is 3.44. The van der Waals surface area contributed by atoms with Crippen LogP contribution in [-0.4, -0.2) is 36.0 Å². The molecule has 5 nitrogen and oxygen atoms in total. The van der Waals surface area contributed by atoms with E-state index in [1.807, 2.05) is 35.2 Å². The van der Waals surface area contributed by atoms with Gasteiger partial charge in [0.1, 0.15) is 6.04 Å². The van der Waals surface area contributed by atoms with E-state index in [1.165, 1.54) is 13.5 Å². The first kappa shape index (κ1) is 17.5. The first-order valence-corrected chi connectivity index (χ1v) is 9.80. The van der Waals surface area contributed by atoms with Gasteiger partial charge >= 0.3 is 5.97 Å². The number of rotatable bonds is 3. The number of carbonyl (C=O) groups is 2. The Morgan fingerprint density at radius 1 is 1.12 bits per heavy atom. The first-order chi connectivity index (χ1) is 12.6. The van der Waals surface area contributed by atoms with Crippen LogP contribution in [0.5, 0.6) is 0 Å². The molecule has 5 heteroatoms. The summed E-state index contributed by atoms with van der Waals surface area (Å²) in [6, 6.07) is 8.89. The van der Waals surface area contributed by atoms with E-state index in [-0.39, 0.29) is 35.3 Å². The van der Waals surface area contributed by atoms with Gasteiger partial charge in [0.05, 0.1) is 13.2 Å². The number of carbonyl (C=O) groups excluding carboxylic acids is 2. The van der Waals surface area contributed by atoms with E-state index in [4.69, 9.17) is 10.5 Å². The molecule has 3 unspecified atom stereocenters. The Labute approximate surface area is 154 Å². The summed E-state index contributed by atoms with van der Waals surface area (Å²) in [7, 11) is 1.41. The fourth-order valence-electron chi connectivity index (χ4n) is 5.16. The minimum Gasteiger partial charge on any atom is -0.467 e. The molecule has 3 atom stereocenters. The van der Waals surface area contributed by atoms with Crippen molar-refractivity contribution in [1.29, 1.82) is 0 Å². The Bertz CT molecular complexity index is 680.